The van der Waals surface area contributed by atoms with E-state index in [1.807, 2.05) is 0 Å². The van der Waals surface area contributed by atoms with Crippen LogP contribution in [0.3, 0.4) is 0 Å². The molecule has 92 valence electrons. The fourth-order valence-electron chi connectivity index (χ4n) is 1.38. The average Bonchev–Trinajstić information content (AvgIpc) is 2.30. The van der Waals surface area contributed by atoms with Gasteiger partial charge in [-0.1, -0.05) is 15.9 Å². The van der Waals surface area contributed by atoms with E-state index in [1.165, 1.54) is 6.07 Å². The molecule has 2 nitrogen and oxygen atoms in total. The molecule has 0 aliphatic carbocycles. The Labute approximate surface area is 109 Å². The Kier molecular flexibility index (Phi) is 4.87. The smallest absolute Gasteiger partial charge is 0.333 e. The number of esters is 1. The van der Waals surface area contributed by atoms with Crippen molar-refractivity contribution >= 4 is 27.5 Å². The van der Waals surface area contributed by atoms with Gasteiger partial charge in [-0.15, -0.1) is 0 Å². The van der Waals surface area contributed by atoms with Crippen LogP contribution in [0.15, 0.2) is 28.2 Å². The lowest BCUT2D eigenvalue weighted by atomic mass is 10.0. The lowest BCUT2D eigenvalue weighted by molar-refractivity contribution is -0.138. The zero-order valence-electron chi connectivity index (χ0n) is 10.0. The molecule has 0 saturated heterocycles. The van der Waals surface area contributed by atoms with Gasteiger partial charge in [0.05, 0.1) is 6.61 Å². The minimum atomic E-state index is -0.413. The maximum absolute atomic E-state index is 13.6. The van der Waals surface area contributed by atoms with E-state index in [-0.39, 0.29) is 5.82 Å². The summed E-state index contributed by atoms with van der Waals surface area (Å²) in [6.45, 7) is 5.38. The number of halogens is 2. The zero-order valence-corrected chi connectivity index (χ0v) is 11.6. The highest BCUT2D eigenvalue weighted by Crippen LogP contribution is 2.25. The maximum Gasteiger partial charge on any atom is 0.333 e. The predicted molar refractivity (Wildman–Crippen MR) is 69.0 cm³/mol. The highest BCUT2D eigenvalue weighted by molar-refractivity contribution is 9.10. The number of rotatable bonds is 3. The number of ether oxygens (including phenoxy) is 1. The van der Waals surface area contributed by atoms with E-state index in [0.717, 1.165) is 4.47 Å². The lowest BCUT2D eigenvalue weighted by Crippen LogP contribution is -2.07. The van der Waals surface area contributed by atoms with Crippen molar-refractivity contribution in [2.24, 2.45) is 0 Å². The predicted octanol–water partition coefficient (Wildman–Crippen LogP) is 3.94. The summed E-state index contributed by atoms with van der Waals surface area (Å²) in [7, 11) is 0. The molecule has 1 aromatic carbocycles. The summed E-state index contributed by atoms with van der Waals surface area (Å²) in [5, 5.41) is 0. The molecule has 0 unspecified atom stereocenters. The van der Waals surface area contributed by atoms with Gasteiger partial charge in [0.15, 0.2) is 0 Å². The first-order chi connectivity index (χ1) is 7.97. The molecule has 0 bridgehead atoms. The van der Waals surface area contributed by atoms with Crippen molar-refractivity contribution in [1.29, 1.82) is 0 Å². The first-order valence-electron chi connectivity index (χ1n) is 5.27. The quantitative estimate of drug-likeness (QED) is 0.624. The van der Waals surface area contributed by atoms with Crippen LogP contribution < -0.4 is 0 Å². The summed E-state index contributed by atoms with van der Waals surface area (Å²) in [5.41, 5.74) is 1.41. The first-order valence-corrected chi connectivity index (χ1v) is 6.06. The lowest BCUT2D eigenvalue weighted by Gasteiger charge is -2.09. The number of benzene rings is 1. The molecule has 0 radical (unpaired) electrons. The van der Waals surface area contributed by atoms with E-state index in [0.29, 0.717) is 23.3 Å². The van der Waals surface area contributed by atoms with E-state index in [9.17, 15) is 9.18 Å². The molecule has 4 heteroatoms. The summed E-state index contributed by atoms with van der Waals surface area (Å²) in [6, 6.07) is 4.63. The van der Waals surface area contributed by atoms with Crippen molar-refractivity contribution in [2.75, 3.05) is 6.61 Å². The van der Waals surface area contributed by atoms with Crippen molar-refractivity contribution in [3.63, 3.8) is 0 Å². The fourth-order valence-corrected chi connectivity index (χ4v) is 1.74. The molecule has 0 saturated carbocycles. The van der Waals surface area contributed by atoms with Gasteiger partial charge in [0, 0.05) is 15.6 Å². The third-order valence-corrected chi connectivity index (χ3v) is 2.97. The van der Waals surface area contributed by atoms with Crippen LogP contribution in [0.1, 0.15) is 26.3 Å². The summed E-state index contributed by atoms with van der Waals surface area (Å²) < 4.78 is 19.3. The second kappa shape index (κ2) is 5.96. The number of carbonyl (C=O) groups is 1. The number of allylic oxidation sites excluding steroid dienone is 1. The van der Waals surface area contributed by atoms with Gasteiger partial charge in [0.1, 0.15) is 5.82 Å². The standard InChI is InChI=1S/C13H14BrFO2/c1-4-17-13(16)9(3)8(2)11-7-10(14)5-6-12(11)15/h5-7H,4H2,1-3H3/b9-8-. The molecule has 0 fully saturated rings. The molecule has 0 N–H and O–H groups in total. The molecule has 0 spiro atoms. The molecule has 1 rings (SSSR count). The number of hydrogen-bond donors (Lipinski definition) is 0. The Bertz CT molecular complexity index is 466. The minimum absolute atomic E-state index is 0.310. The Morgan fingerprint density at radius 2 is 2.06 bits per heavy atom. The molecule has 0 amide bonds. The van der Waals surface area contributed by atoms with Crippen LogP contribution in [-0.2, 0) is 9.53 Å². The molecule has 0 aliphatic rings. The van der Waals surface area contributed by atoms with E-state index in [4.69, 9.17) is 4.74 Å². The Balaban J connectivity index is 3.18. The van der Waals surface area contributed by atoms with Crippen molar-refractivity contribution in [2.45, 2.75) is 20.8 Å². The third-order valence-electron chi connectivity index (χ3n) is 2.48. The molecule has 0 aliphatic heterocycles. The van der Waals surface area contributed by atoms with Gasteiger partial charge >= 0.3 is 5.97 Å². The topological polar surface area (TPSA) is 26.3 Å². The van der Waals surface area contributed by atoms with Gasteiger partial charge in [0.25, 0.3) is 0 Å². The first kappa shape index (κ1) is 13.9. The largest absolute Gasteiger partial charge is 0.463 e. The van der Waals surface area contributed by atoms with Crippen molar-refractivity contribution in [1.82, 2.24) is 0 Å². The summed E-state index contributed by atoms with van der Waals surface area (Å²) in [5.74, 6) is -0.765. The highest BCUT2D eigenvalue weighted by Gasteiger charge is 2.13. The SMILES string of the molecule is CCOC(=O)/C(C)=C(/C)c1cc(Br)ccc1F. The maximum atomic E-state index is 13.6. The summed E-state index contributed by atoms with van der Waals surface area (Å²) in [6.07, 6.45) is 0. The normalized spacial score (nSPS) is 12.1. The molecular formula is C13H14BrFO2. The van der Waals surface area contributed by atoms with Gasteiger partial charge in [-0.25, -0.2) is 9.18 Å². The van der Waals surface area contributed by atoms with Crippen LogP contribution in [0.4, 0.5) is 4.39 Å². The Morgan fingerprint density at radius 1 is 1.41 bits per heavy atom. The number of carbonyl (C=O) groups excluding carboxylic acids is 1. The van der Waals surface area contributed by atoms with E-state index in [1.54, 1.807) is 32.9 Å². The second-order valence-electron chi connectivity index (χ2n) is 3.59. The second-order valence-corrected chi connectivity index (χ2v) is 4.51. The molecule has 0 heterocycles. The number of hydrogen-bond acceptors (Lipinski definition) is 2. The van der Waals surface area contributed by atoms with E-state index >= 15 is 0 Å². The Morgan fingerprint density at radius 3 is 2.65 bits per heavy atom. The van der Waals surface area contributed by atoms with Gasteiger partial charge in [0.2, 0.25) is 0 Å². The van der Waals surface area contributed by atoms with E-state index < -0.39 is 5.97 Å². The van der Waals surface area contributed by atoms with Gasteiger partial charge < -0.3 is 4.74 Å². The van der Waals surface area contributed by atoms with Gasteiger partial charge in [-0.2, -0.15) is 0 Å². The van der Waals surface area contributed by atoms with Crippen molar-refractivity contribution < 1.29 is 13.9 Å². The molecule has 0 aromatic heterocycles. The fraction of sp³-hybridized carbons (Fsp3) is 0.308. The Hall–Kier alpha value is -1.16. The summed E-state index contributed by atoms with van der Waals surface area (Å²) in [4.78, 5) is 11.5. The van der Waals surface area contributed by atoms with Crippen LogP contribution in [0.2, 0.25) is 0 Å². The average molecular weight is 301 g/mol. The molecule has 0 atom stereocenters. The molecular weight excluding hydrogens is 287 g/mol. The molecule has 17 heavy (non-hydrogen) atoms. The monoisotopic (exact) mass is 300 g/mol. The highest BCUT2D eigenvalue weighted by atomic mass is 79.9. The molecule has 1 aromatic rings. The minimum Gasteiger partial charge on any atom is -0.463 e. The summed E-state index contributed by atoms with van der Waals surface area (Å²) >= 11 is 3.28. The van der Waals surface area contributed by atoms with Crippen LogP contribution in [0, 0.1) is 5.82 Å². The van der Waals surface area contributed by atoms with Crippen LogP contribution in [0.5, 0.6) is 0 Å². The zero-order chi connectivity index (χ0) is 13.0. The van der Waals surface area contributed by atoms with Crippen molar-refractivity contribution in [3.05, 3.63) is 39.6 Å². The third kappa shape index (κ3) is 3.40. The van der Waals surface area contributed by atoms with Crippen LogP contribution in [0.25, 0.3) is 5.57 Å². The van der Waals surface area contributed by atoms with Crippen LogP contribution in [-0.4, -0.2) is 12.6 Å². The van der Waals surface area contributed by atoms with E-state index in [2.05, 4.69) is 15.9 Å². The van der Waals surface area contributed by atoms with Gasteiger partial charge in [-0.05, 0) is 44.5 Å². The van der Waals surface area contributed by atoms with Crippen LogP contribution >= 0.6 is 15.9 Å². The van der Waals surface area contributed by atoms with Crippen molar-refractivity contribution in [3.8, 4) is 0 Å². The van der Waals surface area contributed by atoms with Gasteiger partial charge in [-0.3, -0.25) is 0 Å².